The Kier molecular flexibility index (Phi) is 6.24. The normalized spacial score (nSPS) is 13.2. The molecular weight excluding hydrogens is 432 g/mol. The number of anilines is 1. The largest absolute Gasteiger partial charge is 0.494 e. The summed E-state index contributed by atoms with van der Waals surface area (Å²) in [6.07, 6.45) is 1.03. The van der Waals surface area contributed by atoms with Crippen LogP contribution in [0.4, 0.5) is 5.69 Å². The third kappa shape index (κ3) is 4.51. The van der Waals surface area contributed by atoms with E-state index in [1.165, 1.54) is 6.07 Å². The molecule has 4 rings (SSSR count). The highest BCUT2D eigenvalue weighted by atomic mass is 32.2. The van der Waals surface area contributed by atoms with Crippen molar-refractivity contribution in [1.29, 1.82) is 0 Å². The van der Waals surface area contributed by atoms with Crippen molar-refractivity contribution in [2.24, 2.45) is 0 Å². The zero-order valence-corrected chi connectivity index (χ0v) is 18.7. The molecule has 1 aliphatic rings. The summed E-state index contributed by atoms with van der Waals surface area (Å²) in [5.74, 6) is 1.28. The van der Waals surface area contributed by atoms with Gasteiger partial charge in [0.1, 0.15) is 5.75 Å². The first-order valence-corrected chi connectivity index (χ1v) is 11.9. The zero-order chi connectivity index (χ0) is 22.7. The molecule has 3 aromatic rings. The number of nitrogens with one attached hydrogen (secondary N) is 1. The smallest absolute Gasteiger partial charge is 0.242 e. The van der Waals surface area contributed by atoms with Gasteiger partial charge in [-0.15, -0.1) is 0 Å². The quantitative estimate of drug-likeness (QED) is 0.554. The van der Waals surface area contributed by atoms with Gasteiger partial charge in [0.2, 0.25) is 27.6 Å². The van der Waals surface area contributed by atoms with E-state index in [-0.39, 0.29) is 23.2 Å². The zero-order valence-electron chi connectivity index (χ0n) is 17.9. The van der Waals surface area contributed by atoms with E-state index in [4.69, 9.17) is 9.26 Å². The van der Waals surface area contributed by atoms with E-state index in [1.54, 1.807) is 41.3 Å². The van der Waals surface area contributed by atoms with Gasteiger partial charge >= 0.3 is 0 Å². The van der Waals surface area contributed by atoms with E-state index >= 15 is 0 Å². The Balaban J connectivity index is 1.43. The molecule has 0 aliphatic carbocycles. The molecule has 0 atom stereocenters. The van der Waals surface area contributed by atoms with Crippen LogP contribution in [0.2, 0.25) is 0 Å². The second-order valence-electron chi connectivity index (χ2n) is 7.23. The summed E-state index contributed by atoms with van der Waals surface area (Å²) in [5, 5.41) is 3.92. The minimum atomic E-state index is -3.79. The molecule has 0 unspecified atom stereocenters. The molecule has 1 amide bonds. The molecule has 0 bridgehead atoms. The lowest BCUT2D eigenvalue weighted by Gasteiger charge is -2.16. The van der Waals surface area contributed by atoms with Crippen molar-refractivity contribution in [1.82, 2.24) is 14.9 Å². The minimum Gasteiger partial charge on any atom is -0.494 e. The van der Waals surface area contributed by atoms with E-state index in [1.807, 2.05) is 13.8 Å². The van der Waals surface area contributed by atoms with Gasteiger partial charge in [0.25, 0.3) is 0 Å². The van der Waals surface area contributed by atoms with Gasteiger partial charge < -0.3 is 14.2 Å². The first-order chi connectivity index (χ1) is 15.4. The molecule has 0 radical (unpaired) electrons. The molecule has 0 fully saturated rings. The molecule has 1 aromatic heterocycles. The summed E-state index contributed by atoms with van der Waals surface area (Å²) in [6, 6.07) is 12.0. The van der Waals surface area contributed by atoms with Crippen LogP contribution < -0.4 is 14.4 Å². The van der Waals surface area contributed by atoms with Crippen LogP contribution in [0, 0.1) is 0 Å². The lowest BCUT2D eigenvalue weighted by molar-refractivity contribution is -0.118. The molecule has 32 heavy (non-hydrogen) atoms. The lowest BCUT2D eigenvalue weighted by Crippen LogP contribution is -2.27. The summed E-state index contributed by atoms with van der Waals surface area (Å²) < 4.78 is 38.6. The third-order valence-corrected chi connectivity index (χ3v) is 6.56. The number of nitrogens with zero attached hydrogens (tertiary/aromatic N) is 3. The number of carbonyl (C=O) groups is 1. The van der Waals surface area contributed by atoms with E-state index < -0.39 is 10.0 Å². The predicted molar refractivity (Wildman–Crippen MR) is 118 cm³/mol. The number of sulfonamides is 1. The summed E-state index contributed by atoms with van der Waals surface area (Å²) >= 11 is 0. The van der Waals surface area contributed by atoms with Crippen LogP contribution in [0.1, 0.15) is 31.7 Å². The number of aromatic nitrogens is 2. The lowest BCUT2D eigenvalue weighted by atomic mass is 10.2. The molecule has 0 saturated heterocycles. The maximum absolute atomic E-state index is 12.8. The van der Waals surface area contributed by atoms with Gasteiger partial charge in [-0.2, -0.15) is 4.98 Å². The Morgan fingerprint density at radius 2 is 1.97 bits per heavy atom. The summed E-state index contributed by atoms with van der Waals surface area (Å²) in [7, 11) is -3.79. The van der Waals surface area contributed by atoms with Crippen LogP contribution in [0.15, 0.2) is 51.9 Å². The molecule has 10 heteroatoms. The highest BCUT2D eigenvalue weighted by molar-refractivity contribution is 7.89. The van der Waals surface area contributed by atoms with E-state index in [2.05, 4.69) is 14.9 Å². The molecule has 1 aliphatic heterocycles. The number of hydrogen-bond donors (Lipinski definition) is 1. The second-order valence-corrected chi connectivity index (χ2v) is 9.00. The Morgan fingerprint density at radius 1 is 1.19 bits per heavy atom. The fraction of sp³-hybridized carbons (Fsp3) is 0.318. The molecule has 9 nitrogen and oxygen atoms in total. The number of amides is 1. The van der Waals surface area contributed by atoms with Crippen molar-refractivity contribution in [2.75, 3.05) is 18.1 Å². The van der Waals surface area contributed by atoms with Crippen LogP contribution in [0.25, 0.3) is 11.4 Å². The number of ether oxygens (including phenoxy) is 1. The van der Waals surface area contributed by atoms with Gasteiger partial charge in [0, 0.05) is 24.2 Å². The Bertz CT molecular complexity index is 1220. The highest BCUT2D eigenvalue weighted by Crippen LogP contribution is 2.30. The third-order valence-electron chi connectivity index (χ3n) is 5.17. The molecular formula is C22H24N4O5S. The van der Waals surface area contributed by atoms with Crippen molar-refractivity contribution < 1.29 is 22.5 Å². The summed E-state index contributed by atoms with van der Waals surface area (Å²) in [6.45, 7) is 4.72. The maximum atomic E-state index is 12.8. The van der Waals surface area contributed by atoms with Crippen molar-refractivity contribution in [3.05, 3.63) is 53.9 Å². The van der Waals surface area contributed by atoms with Gasteiger partial charge in [0.05, 0.1) is 18.0 Å². The summed E-state index contributed by atoms with van der Waals surface area (Å²) in [5.41, 5.74) is 2.34. The van der Waals surface area contributed by atoms with Gasteiger partial charge in [0.15, 0.2) is 0 Å². The first-order valence-electron chi connectivity index (χ1n) is 10.4. The van der Waals surface area contributed by atoms with E-state index in [9.17, 15) is 13.2 Å². The van der Waals surface area contributed by atoms with E-state index in [0.717, 1.165) is 22.6 Å². The van der Waals surface area contributed by atoms with Crippen molar-refractivity contribution in [3.63, 3.8) is 0 Å². The SMILES string of the molecule is CCOc1ccc(-c2noc(CNS(=O)(=O)c3ccc4c(c3)CCN4C(=O)CC)n2)cc1. The van der Waals surface area contributed by atoms with Gasteiger partial charge in [-0.3, -0.25) is 4.79 Å². The van der Waals surface area contributed by atoms with Gasteiger partial charge in [-0.1, -0.05) is 12.1 Å². The Hall–Kier alpha value is -3.24. The molecule has 0 saturated carbocycles. The fourth-order valence-corrected chi connectivity index (χ4v) is 4.57. The number of fused-ring (bicyclic) bond motifs is 1. The van der Waals surface area contributed by atoms with E-state index in [0.29, 0.717) is 31.8 Å². The molecule has 0 spiro atoms. The average molecular weight is 457 g/mol. The van der Waals surface area contributed by atoms with Gasteiger partial charge in [-0.05, 0) is 61.4 Å². The number of rotatable bonds is 8. The van der Waals surface area contributed by atoms with Crippen LogP contribution >= 0.6 is 0 Å². The van der Waals surface area contributed by atoms with Crippen LogP contribution in [-0.4, -0.2) is 37.6 Å². The van der Waals surface area contributed by atoms with Crippen molar-refractivity contribution in [3.8, 4) is 17.1 Å². The predicted octanol–water partition coefficient (Wildman–Crippen LogP) is 2.91. The first kappa shape index (κ1) is 22.0. The van der Waals surface area contributed by atoms with Crippen molar-refractivity contribution in [2.45, 2.75) is 38.1 Å². The molecule has 1 N–H and O–H groups in total. The van der Waals surface area contributed by atoms with Crippen LogP contribution in [0.3, 0.4) is 0 Å². The van der Waals surface area contributed by atoms with Crippen LogP contribution in [-0.2, 0) is 27.8 Å². The summed E-state index contributed by atoms with van der Waals surface area (Å²) in [4.78, 5) is 18.1. The fourth-order valence-electron chi connectivity index (χ4n) is 3.55. The Morgan fingerprint density at radius 3 is 2.69 bits per heavy atom. The van der Waals surface area contributed by atoms with Gasteiger partial charge in [-0.25, -0.2) is 13.1 Å². The second kappa shape index (κ2) is 9.09. The Labute approximate surface area is 186 Å². The van der Waals surface area contributed by atoms with Crippen LogP contribution in [0.5, 0.6) is 5.75 Å². The average Bonchev–Trinajstić information content (AvgIpc) is 3.45. The minimum absolute atomic E-state index is 0.0252. The molecule has 168 valence electrons. The number of carbonyl (C=O) groups excluding carboxylic acids is 1. The maximum Gasteiger partial charge on any atom is 0.242 e. The standard InChI is InChI=1S/C22H24N4O5S/c1-3-21(27)26-12-11-16-13-18(9-10-19(16)26)32(28,29)23-14-20-24-22(25-31-20)15-5-7-17(8-6-15)30-4-2/h5-10,13,23H,3-4,11-12,14H2,1-2H3. The topological polar surface area (TPSA) is 115 Å². The highest BCUT2D eigenvalue weighted by Gasteiger charge is 2.26. The molecule has 2 heterocycles. The number of benzene rings is 2. The molecule has 2 aromatic carbocycles. The number of hydrogen-bond acceptors (Lipinski definition) is 7. The monoisotopic (exact) mass is 456 g/mol. The van der Waals surface area contributed by atoms with Crippen molar-refractivity contribution >= 4 is 21.6 Å².